The fourth-order valence-corrected chi connectivity index (χ4v) is 3.25. The van der Waals surface area contributed by atoms with E-state index in [4.69, 9.17) is 34.8 Å². The Kier molecular flexibility index (Phi) is 6.34. The van der Waals surface area contributed by atoms with Crippen LogP contribution in [0.4, 0.5) is 5.69 Å². The number of nitrogens with one attached hydrogen (secondary N) is 1. The van der Waals surface area contributed by atoms with Gasteiger partial charge in [-0.25, -0.2) is 0 Å². The zero-order chi connectivity index (χ0) is 17.0. The monoisotopic (exact) mass is 369 g/mol. The van der Waals surface area contributed by atoms with Crippen molar-refractivity contribution >= 4 is 46.4 Å². The Labute approximate surface area is 151 Å². The van der Waals surface area contributed by atoms with Crippen LogP contribution in [0.1, 0.15) is 30.5 Å². The molecule has 0 spiro atoms. The van der Waals surface area contributed by atoms with Crippen LogP contribution < -0.4 is 5.32 Å². The van der Waals surface area contributed by atoms with E-state index in [-0.39, 0.29) is 12.3 Å². The second kappa shape index (κ2) is 8.05. The van der Waals surface area contributed by atoms with Crippen molar-refractivity contribution in [2.45, 2.75) is 33.1 Å². The molecule has 0 aromatic heterocycles. The predicted molar refractivity (Wildman–Crippen MR) is 99.0 cm³/mol. The lowest BCUT2D eigenvalue weighted by atomic mass is 10.0. The van der Waals surface area contributed by atoms with Crippen molar-refractivity contribution < 1.29 is 4.79 Å². The molecule has 0 radical (unpaired) electrons. The maximum Gasteiger partial charge on any atom is 0.228 e. The van der Waals surface area contributed by atoms with Crippen LogP contribution in [0.25, 0.3) is 0 Å². The number of halogens is 3. The van der Waals surface area contributed by atoms with Gasteiger partial charge in [-0.2, -0.15) is 0 Å². The topological polar surface area (TPSA) is 29.1 Å². The molecule has 0 aliphatic carbocycles. The van der Waals surface area contributed by atoms with E-state index in [2.05, 4.69) is 5.32 Å². The first-order chi connectivity index (χ1) is 11.0. The third-order valence-corrected chi connectivity index (χ3v) is 4.65. The average Bonchev–Trinajstić information content (AvgIpc) is 2.50. The van der Waals surface area contributed by atoms with E-state index < -0.39 is 0 Å². The Balaban J connectivity index is 2.25. The highest BCUT2D eigenvalue weighted by atomic mass is 35.5. The minimum absolute atomic E-state index is 0.124. The lowest BCUT2D eigenvalue weighted by Crippen LogP contribution is -2.17. The highest BCUT2D eigenvalue weighted by molar-refractivity contribution is 6.35. The van der Waals surface area contributed by atoms with Crippen LogP contribution in [0, 0.1) is 0 Å². The Hall–Kier alpha value is -1.22. The van der Waals surface area contributed by atoms with Crippen LogP contribution in [0.3, 0.4) is 0 Å². The van der Waals surface area contributed by atoms with Gasteiger partial charge >= 0.3 is 0 Å². The summed E-state index contributed by atoms with van der Waals surface area (Å²) < 4.78 is 0. The van der Waals surface area contributed by atoms with Gasteiger partial charge in [-0.15, -0.1) is 0 Å². The standard InChI is InChI=1S/C18H18Cl3NO/c1-3-11-6-8-15(20)14(4-2)18(11)22-17(23)9-12-5-7-13(19)10-16(12)21/h5-8,10H,3-4,9H2,1-2H3,(H,22,23). The fourth-order valence-electron chi connectivity index (χ4n) is 2.49. The van der Waals surface area contributed by atoms with Gasteiger partial charge in [0.15, 0.2) is 0 Å². The van der Waals surface area contributed by atoms with Gasteiger partial charge in [0.05, 0.1) is 6.42 Å². The Morgan fingerprint density at radius 1 is 0.957 bits per heavy atom. The zero-order valence-electron chi connectivity index (χ0n) is 13.1. The Bertz CT molecular complexity index is 728. The number of rotatable bonds is 5. The van der Waals surface area contributed by atoms with Crippen molar-refractivity contribution in [2.75, 3.05) is 5.32 Å². The van der Waals surface area contributed by atoms with Gasteiger partial charge in [0.25, 0.3) is 0 Å². The summed E-state index contributed by atoms with van der Waals surface area (Å²) >= 11 is 18.3. The third-order valence-electron chi connectivity index (χ3n) is 3.71. The molecule has 23 heavy (non-hydrogen) atoms. The Morgan fingerprint density at radius 2 is 1.65 bits per heavy atom. The highest BCUT2D eigenvalue weighted by Crippen LogP contribution is 2.30. The van der Waals surface area contributed by atoms with Gasteiger partial charge in [-0.05, 0) is 47.7 Å². The lowest BCUT2D eigenvalue weighted by molar-refractivity contribution is -0.115. The summed E-state index contributed by atoms with van der Waals surface area (Å²) in [6, 6.07) is 8.96. The van der Waals surface area contributed by atoms with Crippen molar-refractivity contribution in [1.82, 2.24) is 0 Å². The number of benzene rings is 2. The number of carbonyl (C=O) groups is 1. The van der Waals surface area contributed by atoms with Gasteiger partial charge in [-0.1, -0.05) is 60.8 Å². The molecule has 1 N–H and O–H groups in total. The second-order valence-corrected chi connectivity index (χ2v) is 6.48. The molecule has 1 amide bonds. The molecule has 2 nitrogen and oxygen atoms in total. The fraction of sp³-hybridized carbons (Fsp3) is 0.278. The average molecular weight is 371 g/mol. The van der Waals surface area contributed by atoms with Gasteiger partial charge in [0.2, 0.25) is 5.91 Å². The van der Waals surface area contributed by atoms with Crippen molar-refractivity contribution in [3.05, 3.63) is 62.1 Å². The molecular formula is C18H18Cl3NO. The molecule has 0 unspecified atom stereocenters. The molecule has 122 valence electrons. The van der Waals surface area contributed by atoms with Crippen molar-refractivity contribution in [3.63, 3.8) is 0 Å². The van der Waals surface area contributed by atoms with E-state index in [1.807, 2.05) is 26.0 Å². The molecule has 0 atom stereocenters. The number of amides is 1. The maximum absolute atomic E-state index is 12.4. The SMILES string of the molecule is CCc1ccc(Cl)c(CC)c1NC(=O)Cc1ccc(Cl)cc1Cl. The van der Waals surface area contributed by atoms with Crippen LogP contribution >= 0.6 is 34.8 Å². The maximum atomic E-state index is 12.4. The molecule has 0 heterocycles. The minimum atomic E-state index is -0.124. The highest BCUT2D eigenvalue weighted by Gasteiger charge is 2.14. The third kappa shape index (κ3) is 4.41. The molecule has 2 aromatic carbocycles. The quantitative estimate of drug-likeness (QED) is 0.692. The van der Waals surface area contributed by atoms with Crippen LogP contribution in [0.5, 0.6) is 0 Å². The normalized spacial score (nSPS) is 10.7. The van der Waals surface area contributed by atoms with Gasteiger partial charge in [0.1, 0.15) is 0 Å². The molecule has 5 heteroatoms. The van der Waals surface area contributed by atoms with Gasteiger partial charge < -0.3 is 5.32 Å². The first-order valence-electron chi connectivity index (χ1n) is 7.50. The second-order valence-electron chi connectivity index (χ2n) is 5.23. The van der Waals surface area contributed by atoms with E-state index in [0.29, 0.717) is 15.1 Å². The summed E-state index contributed by atoms with van der Waals surface area (Å²) in [5.41, 5.74) is 3.59. The molecule has 2 aromatic rings. The number of hydrogen-bond acceptors (Lipinski definition) is 1. The summed E-state index contributed by atoms with van der Waals surface area (Å²) in [5, 5.41) is 4.71. The molecule has 2 rings (SSSR count). The first kappa shape index (κ1) is 18.1. The Morgan fingerprint density at radius 3 is 2.26 bits per heavy atom. The van der Waals surface area contributed by atoms with Crippen molar-refractivity contribution in [3.8, 4) is 0 Å². The molecule has 0 saturated heterocycles. The van der Waals surface area contributed by atoms with Crippen LogP contribution in [-0.4, -0.2) is 5.91 Å². The van der Waals surface area contributed by atoms with E-state index in [0.717, 1.165) is 35.2 Å². The largest absolute Gasteiger partial charge is 0.325 e. The van der Waals surface area contributed by atoms with Gasteiger partial charge in [0, 0.05) is 20.8 Å². The van der Waals surface area contributed by atoms with E-state index in [1.54, 1.807) is 18.2 Å². The van der Waals surface area contributed by atoms with Crippen LogP contribution in [-0.2, 0) is 24.1 Å². The van der Waals surface area contributed by atoms with E-state index in [1.165, 1.54) is 0 Å². The van der Waals surface area contributed by atoms with E-state index >= 15 is 0 Å². The number of aryl methyl sites for hydroxylation is 1. The zero-order valence-corrected chi connectivity index (χ0v) is 15.3. The number of anilines is 1. The van der Waals surface area contributed by atoms with Gasteiger partial charge in [-0.3, -0.25) is 4.79 Å². The lowest BCUT2D eigenvalue weighted by Gasteiger charge is -2.16. The van der Waals surface area contributed by atoms with Crippen molar-refractivity contribution in [2.24, 2.45) is 0 Å². The summed E-state index contributed by atoms with van der Waals surface area (Å²) in [5.74, 6) is -0.124. The van der Waals surface area contributed by atoms with E-state index in [9.17, 15) is 4.79 Å². The molecule has 0 bridgehead atoms. The smallest absolute Gasteiger partial charge is 0.228 e. The summed E-state index contributed by atoms with van der Waals surface area (Å²) in [4.78, 5) is 12.4. The number of hydrogen-bond donors (Lipinski definition) is 1. The predicted octanol–water partition coefficient (Wildman–Crippen LogP) is 5.95. The molecule has 0 saturated carbocycles. The summed E-state index contributed by atoms with van der Waals surface area (Å²) in [6.07, 6.45) is 1.76. The van der Waals surface area contributed by atoms with Crippen molar-refractivity contribution in [1.29, 1.82) is 0 Å². The molecule has 0 aliphatic heterocycles. The molecule has 0 fully saturated rings. The first-order valence-corrected chi connectivity index (χ1v) is 8.63. The van der Waals surface area contributed by atoms with Crippen LogP contribution in [0.15, 0.2) is 30.3 Å². The van der Waals surface area contributed by atoms with Crippen LogP contribution in [0.2, 0.25) is 15.1 Å². The summed E-state index contributed by atoms with van der Waals surface area (Å²) in [7, 11) is 0. The summed E-state index contributed by atoms with van der Waals surface area (Å²) in [6.45, 7) is 4.07. The minimum Gasteiger partial charge on any atom is -0.325 e. The number of carbonyl (C=O) groups excluding carboxylic acids is 1. The molecule has 0 aliphatic rings. The molecular weight excluding hydrogens is 353 g/mol.